The van der Waals surface area contributed by atoms with Crippen LogP contribution in [-0.4, -0.2) is 6.18 Å². The minimum atomic E-state index is -4.86. The Morgan fingerprint density at radius 3 is 2.25 bits per heavy atom. The zero-order chi connectivity index (χ0) is 15.4. The van der Waals surface area contributed by atoms with Crippen molar-refractivity contribution in [1.29, 1.82) is 10.5 Å². The van der Waals surface area contributed by atoms with E-state index >= 15 is 0 Å². The van der Waals surface area contributed by atoms with E-state index in [1.165, 1.54) is 12.1 Å². The molecule has 6 heteroatoms. The number of halogens is 4. The number of nitrogens with zero attached hydrogens (tertiary/aromatic N) is 2. The first-order chi connectivity index (χ1) is 9.30. The lowest BCUT2D eigenvalue weighted by Gasteiger charge is -2.30. The maximum absolute atomic E-state index is 13.3. The van der Waals surface area contributed by atoms with E-state index in [1.54, 1.807) is 0 Å². The Kier molecular flexibility index (Phi) is 4.52. The summed E-state index contributed by atoms with van der Waals surface area (Å²) in [6.07, 6.45) is -4.26. The van der Waals surface area contributed by atoms with E-state index in [4.69, 9.17) is 10.5 Å². The molecule has 0 saturated heterocycles. The molecular weight excluding hydrogens is 272 g/mol. The Bertz CT molecular complexity index is 564. The molecule has 0 fully saturated rings. The lowest BCUT2D eigenvalue weighted by Crippen LogP contribution is -2.36. The first-order valence-corrected chi connectivity index (χ1v) is 5.56. The van der Waals surface area contributed by atoms with Gasteiger partial charge in [-0.3, -0.25) is 0 Å². The van der Waals surface area contributed by atoms with Gasteiger partial charge >= 0.3 is 6.18 Å². The van der Waals surface area contributed by atoms with Crippen molar-refractivity contribution in [3.63, 3.8) is 0 Å². The third-order valence-corrected chi connectivity index (χ3v) is 2.87. The molecule has 1 aromatic rings. The molecule has 1 atom stereocenters. The van der Waals surface area contributed by atoms with Gasteiger partial charge in [0.05, 0.1) is 12.1 Å². The zero-order valence-electron chi connectivity index (χ0n) is 10.3. The van der Waals surface area contributed by atoms with Crippen LogP contribution in [0, 0.1) is 33.9 Å². The van der Waals surface area contributed by atoms with E-state index in [0.29, 0.717) is 6.07 Å². The van der Waals surface area contributed by atoms with Crippen molar-refractivity contribution in [1.82, 2.24) is 0 Å². The molecule has 0 saturated carbocycles. The predicted molar refractivity (Wildman–Crippen MR) is 63.7 cm³/mol. The summed E-state index contributed by atoms with van der Waals surface area (Å²) in [6, 6.07) is 6.67. The SMILES string of the molecule is C=CCC(C#N)(C#N)C(c1cccc(F)c1)C(F)(F)F. The highest BCUT2D eigenvalue weighted by Gasteiger charge is 2.55. The zero-order valence-corrected chi connectivity index (χ0v) is 10.3. The molecule has 20 heavy (non-hydrogen) atoms. The second-order valence-corrected chi connectivity index (χ2v) is 4.22. The maximum Gasteiger partial charge on any atom is 0.398 e. The first kappa shape index (κ1) is 15.7. The van der Waals surface area contributed by atoms with E-state index in [1.807, 2.05) is 0 Å². The molecule has 0 bridgehead atoms. The van der Waals surface area contributed by atoms with Crippen molar-refractivity contribution in [2.45, 2.75) is 18.5 Å². The lowest BCUT2D eigenvalue weighted by molar-refractivity contribution is -0.164. The fourth-order valence-corrected chi connectivity index (χ4v) is 2.03. The van der Waals surface area contributed by atoms with Gasteiger partial charge in [-0.15, -0.1) is 6.58 Å². The van der Waals surface area contributed by atoms with Crippen LogP contribution in [0.5, 0.6) is 0 Å². The Morgan fingerprint density at radius 2 is 1.85 bits per heavy atom. The average Bonchev–Trinajstić information content (AvgIpc) is 2.36. The lowest BCUT2D eigenvalue weighted by atomic mass is 9.71. The quantitative estimate of drug-likeness (QED) is 0.617. The minimum absolute atomic E-state index is 0.456. The second kappa shape index (κ2) is 5.75. The molecular formula is C14H10F4N2. The molecule has 0 amide bonds. The molecule has 0 aromatic heterocycles. The van der Waals surface area contributed by atoms with Crippen molar-refractivity contribution in [2.24, 2.45) is 5.41 Å². The highest BCUT2D eigenvalue weighted by Crippen LogP contribution is 2.48. The Labute approximate surface area is 113 Å². The topological polar surface area (TPSA) is 47.6 Å². The predicted octanol–water partition coefficient (Wildman–Crippen LogP) is 4.08. The molecule has 0 heterocycles. The molecule has 1 unspecified atom stereocenters. The van der Waals surface area contributed by atoms with Crippen molar-refractivity contribution >= 4 is 0 Å². The van der Waals surface area contributed by atoms with Crippen LogP contribution in [0.4, 0.5) is 17.6 Å². The second-order valence-electron chi connectivity index (χ2n) is 4.22. The third-order valence-electron chi connectivity index (χ3n) is 2.87. The molecule has 0 aliphatic heterocycles. The van der Waals surface area contributed by atoms with Crippen LogP contribution in [0.2, 0.25) is 0 Å². The van der Waals surface area contributed by atoms with Gasteiger partial charge in [0.1, 0.15) is 11.7 Å². The number of alkyl halides is 3. The number of nitriles is 2. The van der Waals surface area contributed by atoms with Crippen molar-refractivity contribution in [2.75, 3.05) is 0 Å². The van der Waals surface area contributed by atoms with Crippen LogP contribution in [0.3, 0.4) is 0 Å². The first-order valence-electron chi connectivity index (χ1n) is 5.56. The van der Waals surface area contributed by atoms with E-state index < -0.39 is 35.3 Å². The molecule has 2 nitrogen and oxygen atoms in total. The van der Waals surface area contributed by atoms with E-state index in [-0.39, 0.29) is 0 Å². The third kappa shape index (κ3) is 2.97. The smallest absolute Gasteiger partial charge is 0.207 e. The van der Waals surface area contributed by atoms with E-state index in [9.17, 15) is 17.6 Å². The number of hydrogen-bond donors (Lipinski definition) is 0. The summed E-state index contributed by atoms with van der Waals surface area (Å²) in [4.78, 5) is 0. The van der Waals surface area contributed by atoms with Gasteiger partial charge in [-0.2, -0.15) is 23.7 Å². The van der Waals surface area contributed by atoms with Gasteiger partial charge in [-0.25, -0.2) is 4.39 Å². The summed E-state index contributed by atoms with van der Waals surface area (Å²) in [5.41, 5.74) is -2.82. The maximum atomic E-state index is 13.3. The van der Waals surface area contributed by atoms with Gasteiger partial charge in [-0.05, 0) is 24.1 Å². The van der Waals surface area contributed by atoms with Crippen LogP contribution in [0.25, 0.3) is 0 Å². The normalized spacial score (nSPS) is 13.1. The van der Waals surface area contributed by atoms with Gasteiger partial charge in [0.25, 0.3) is 0 Å². The molecule has 0 radical (unpaired) electrons. The van der Waals surface area contributed by atoms with E-state index in [0.717, 1.165) is 24.3 Å². The molecule has 1 rings (SSSR count). The summed E-state index contributed by atoms with van der Waals surface area (Å²) in [5.74, 6) is -3.26. The Hall–Kier alpha value is -2.34. The Balaban J connectivity index is 3.52. The number of allylic oxidation sites excluding steroid dienone is 1. The summed E-state index contributed by atoms with van der Waals surface area (Å²) >= 11 is 0. The van der Waals surface area contributed by atoms with Crippen LogP contribution >= 0.6 is 0 Å². The summed E-state index contributed by atoms with van der Waals surface area (Å²) in [5, 5.41) is 18.1. The molecule has 104 valence electrons. The van der Waals surface area contributed by atoms with Crippen molar-refractivity contribution in [3.05, 3.63) is 48.3 Å². The average molecular weight is 282 g/mol. The van der Waals surface area contributed by atoms with Gasteiger partial charge in [0.15, 0.2) is 5.41 Å². The molecule has 0 aliphatic carbocycles. The van der Waals surface area contributed by atoms with Gasteiger partial charge < -0.3 is 0 Å². The number of benzene rings is 1. The fraction of sp³-hybridized carbons (Fsp3) is 0.286. The number of rotatable bonds is 4. The molecule has 0 aliphatic rings. The molecule has 0 spiro atoms. The van der Waals surface area contributed by atoms with Crippen LogP contribution in [0.1, 0.15) is 17.9 Å². The molecule has 0 N–H and O–H groups in total. The monoisotopic (exact) mass is 282 g/mol. The van der Waals surface area contributed by atoms with Gasteiger partial charge in [0, 0.05) is 0 Å². The fourth-order valence-electron chi connectivity index (χ4n) is 2.03. The van der Waals surface area contributed by atoms with Crippen molar-refractivity contribution in [3.8, 4) is 12.1 Å². The highest BCUT2D eigenvalue weighted by molar-refractivity contribution is 5.33. The summed E-state index contributed by atoms with van der Waals surface area (Å²) < 4.78 is 53.0. The van der Waals surface area contributed by atoms with Crippen LogP contribution in [-0.2, 0) is 0 Å². The summed E-state index contributed by atoms with van der Waals surface area (Å²) in [7, 11) is 0. The van der Waals surface area contributed by atoms with Crippen LogP contribution < -0.4 is 0 Å². The Morgan fingerprint density at radius 1 is 1.25 bits per heavy atom. The van der Waals surface area contributed by atoms with E-state index in [2.05, 4.69) is 6.58 Å². The minimum Gasteiger partial charge on any atom is -0.207 e. The largest absolute Gasteiger partial charge is 0.398 e. The van der Waals surface area contributed by atoms with Gasteiger partial charge in [-0.1, -0.05) is 18.2 Å². The van der Waals surface area contributed by atoms with Crippen molar-refractivity contribution < 1.29 is 17.6 Å². The summed E-state index contributed by atoms with van der Waals surface area (Å²) in [6.45, 7) is 3.27. The van der Waals surface area contributed by atoms with Crippen LogP contribution in [0.15, 0.2) is 36.9 Å². The highest BCUT2D eigenvalue weighted by atomic mass is 19.4. The standard InChI is InChI=1S/C14H10F4N2/c1-2-6-13(8-19,9-20)12(14(16,17)18)10-4-3-5-11(15)7-10/h2-5,7,12H,1,6H2. The number of hydrogen-bond acceptors (Lipinski definition) is 2. The van der Waals surface area contributed by atoms with Gasteiger partial charge in [0.2, 0.25) is 0 Å². The molecule has 1 aromatic carbocycles.